The van der Waals surface area contributed by atoms with Crippen LogP contribution in [0.5, 0.6) is 0 Å². The highest BCUT2D eigenvalue weighted by molar-refractivity contribution is 5.20. The van der Waals surface area contributed by atoms with Crippen molar-refractivity contribution < 1.29 is 0 Å². The van der Waals surface area contributed by atoms with E-state index < -0.39 is 0 Å². The van der Waals surface area contributed by atoms with E-state index in [1.54, 1.807) is 0 Å². The van der Waals surface area contributed by atoms with Gasteiger partial charge in [0.1, 0.15) is 0 Å². The zero-order chi connectivity index (χ0) is 17.7. The van der Waals surface area contributed by atoms with Crippen LogP contribution in [-0.2, 0) is 0 Å². The van der Waals surface area contributed by atoms with E-state index in [0.717, 1.165) is 0 Å². The van der Waals surface area contributed by atoms with Gasteiger partial charge in [0.25, 0.3) is 0 Å². The number of rotatable bonds is 4. The summed E-state index contributed by atoms with van der Waals surface area (Å²) in [5, 5.41) is 3.35. The van der Waals surface area contributed by atoms with E-state index in [9.17, 15) is 0 Å². The average molecular weight is 298 g/mol. The van der Waals surface area contributed by atoms with E-state index in [1.165, 1.54) is 12.0 Å². The molecule has 2 unspecified atom stereocenters. The fourth-order valence-electron chi connectivity index (χ4n) is 1.80. The van der Waals surface area contributed by atoms with Crippen molar-refractivity contribution in [1.29, 1.82) is 0 Å². The monoisotopic (exact) mass is 297 g/mol. The summed E-state index contributed by atoms with van der Waals surface area (Å²) in [7, 11) is 2.04. The van der Waals surface area contributed by atoms with E-state index in [4.69, 9.17) is 0 Å². The van der Waals surface area contributed by atoms with Crippen molar-refractivity contribution in [1.82, 2.24) is 5.32 Å². The van der Waals surface area contributed by atoms with Crippen molar-refractivity contribution in [3.63, 3.8) is 0 Å². The van der Waals surface area contributed by atoms with Crippen molar-refractivity contribution in [3.8, 4) is 0 Å². The van der Waals surface area contributed by atoms with Crippen molar-refractivity contribution in [2.75, 3.05) is 7.05 Å². The van der Waals surface area contributed by atoms with Gasteiger partial charge in [0, 0.05) is 6.04 Å². The molecule has 0 amide bonds. The quantitative estimate of drug-likeness (QED) is 0.637. The third-order valence-corrected chi connectivity index (χ3v) is 2.74. The second kappa shape index (κ2) is 27.5. The van der Waals surface area contributed by atoms with Crippen LogP contribution in [0.1, 0.15) is 87.1 Å². The highest BCUT2D eigenvalue weighted by atomic mass is 14.9. The van der Waals surface area contributed by atoms with Gasteiger partial charge in [-0.1, -0.05) is 99.6 Å². The molecule has 0 radical (unpaired) electrons. The maximum absolute atomic E-state index is 3.35. The first-order valence-electron chi connectivity index (χ1n) is 9.01. The summed E-state index contributed by atoms with van der Waals surface area (Å²) < 4.78 is 0. The Hall–Kier alpha value is -0.820. The molecule has 2 atom stereocenters. The van der Waals surface area contributed by atoms with E-state index in [1.807, 2.05) is 62.4 Å². The standard InChI is InChI=1S/C12H19N.4C2H6/c1-4-12(13-3)10(2)11-8-6-5-7-9-11;4*1-2/h5-10,12-13H,4H2,1-3H3;4*1-2H3. The van der Waals surface area contributed by atoms with Crippen LogP contribution < -0.4 is 5.32 Å². The Morgan fingerprint density at radius 3 is 1.48 bits per heavy atom. The van der Waals surface area contributed by atoms with E-state index >= 15 is 0 Å². The van der Waals surface area contributed by atoms with Crippen LogP contribution in [0.15, 0.2) is 30.3 Å². The van der Waals surface area contributed by atoms with Crippen LogP contribution in [0.3, 0.4) is 0 Å². The molecule has 0 heterocycles. The molecule has 0 spiro atoms. The normalized spacial score (nSPS) is 10.6. The lowest BCUT2D eigenvalue weighted by molar-refractivity contribution is 0.473. The summed E-state index contributed by atoms with van der Waals surface area (Å²) in [6.45, 7) is 20.5. The van der Waals surface area contributed by atoms with Gasteiger partial charge in [-0.25, -0.2) is 0 Å². The minimum atomic E-state index is 0.586. The summed E-state index contributed by atoms with van der Waals surface area (Å²) in [5.74, 6) is 0.594. The van der Waals surface area contributed by atoms with Gasteiger partial charge in [0.2, 0.25) is 0 Å². The van der Waals surface area contributed by atoms with Crippen LogP contribution in [0.25, 0.3) is 0 Å². The molecule has 0 aliphatic rings. The molecule has 0 aliphatic heterocycles. The van der Waals surface area contributed by atoms with Crippen LogP contribution >= 0.6 is 0 Å². The molecular formula is C20H43N. The molecule has 1 heteroatoms. The van der Waals surface area contributed by atoms with Gasteiger partial charge >= 0.3 is 0 Å². The second-order valence-corrected chi connectivity index (χ2v) is 3.50. The van der Waals surface area contributed by atoms with Gasteiger partial charge < -0.3 is 5.32 Å². The average Bonchev–Trinajstić information content (AvgIpc) is 2.63. The molecule has 1 nitrogen and oxygen atoms in total. The Labute approximate surface area is 136 Å². The van der Waals surface area contributed by atoms with Crippen molar-refractivity contribution in [2.45, 2.75) is 87.6 Å². The Kier molecular flexibility index (Phi) is 37.1. The molecule has 0 saturated carbocycles. The third kappa shape index (κ3) is 15.4. The van der Waals surface area contributed by atoms with Crippen LogP contribution in [0, 0.1) is 0 Å². The topological polar surface area (TPSA) is 12.0 Å². The summed E-state index contributed by atoms with van der Waals surface area (Å²) in [5.41, 5.74) is 1.42. The Bertz CT molecular complexity index is 227. The maximum Gasteiger partial charge on any atom is 0.0127 e. The summed E-state index contributed by atoms with van der Waals surface area (Å²) >= 11 is 0. The number of nitrogens with one attached hydrogen (secondary N) is 1. The van der Waals surface area contributed by atoms with Gasteiger partial charge in [0.05, 0.1) is 0 Å². The zero-order valence-electron chi connectivity index (χ0n) is 16.7. The summed E-state index contributed by atoms with van der Waals surface area (Å²) in [6.07, 6.45) is 1.17. The molecule has 0 aliphatic carbocycles. The van der Waals surface area contributed by atoms with Crippen molar-refractivity contribution in [3.05, 3.63) is 35.9 Å². The van der Waals surface area contributed by atoms with E-state index in [-0.39, 0.29) is 0 Å². The van der Waals surface area contributed by atoms with Gasteiger partial charge in [-0.2, -0.15) is 0 Å². The van der Waals surface area contributed by atoms with E-state index in [2.05, 4.69) is 49.5 Å². The molecule has 1 aromatic rings. The number of benzene rings is 1. The highest BCUT2D eigenvalue weighted by Gasteiger charge is 2.14. The molecule has 1 aromatic carbocycles. The molecule has 0 bridgehead atoms. The predicted octanol–water partition coefficient (Wildman–Crippen LogP) is 6.89. The first kappa shape index (κ1) is 28.4. The Morgan fingerprint density at radius 2 is 1.19 bits per heavy atom. The molecule has 0 aromatic heterocycles. The van der Waals surface area contributed by atoms with Crippen LogP contribution in [0.4, 0.5) is 0 Å². The Morgan fingerprint density at radius 1 is 0.810 bits per heavy atom. The Balaban J connectivity index is -0.000000156. The molecule has 21 heavy (non-hydrogen) atoms. The molecular weight excluding hydrogens is 254 g/mol. The molecule has 0 saturated heterocycles. The van der Waals surface area contributed by atoms with Crippen molar-refractivity contribution >= 4 is 0 Å². The molecule has 0 fully saturated rings. The first-order chi connectivity index (χ1) is 10.3. The zero-order valence-corrected chi connectivity index (χ0v) is 16.7. The first-order valence-corrected chi connectivity index (χ1v) is 9.01. The smallest absolute Gasteiger partial charge is 0.0127 e. The molecule has 128 valence electrons. The highest BCUT2D eigenvalue weighted by Crippen LogP contribution is 2.20. The van der Waals surface area contributed by atoms with E-state index in [0.29, 0.717) is 12.0 Å². The van der Waals surface area contributed by atoms with Crippen LogP contribution in [-0.4, -0.2) is 13.1 Å². The van der Waals surface area contributed by atoms with Gasteiger partial charge in [-0.15, -0.1) is 0 Å². The largest absolute Gasteiger partial charge is 0.316 e. The SMILES string of the molecule is CC.CC.CC.CC.CCC(NC)C(C)c1ccccc1. The van der Waals surface area contributed by atoms with Gasteiger partial charge in [0.15, 0.2) is 0 Å². The molecule has 1 N–H and O–H groups in total. The fourth-order valence-corrected chi connectivity index (χ4v) is 1.80. The summed E-state index contributed by atoms with van der Waals surface area (Å²) in [6, 6.07) is 11.3. The lowest BCUT2D eigenvalue weighted by Gasteiger charge is -2.22. The maximum atomic E-state index is 3.35. The molecule has 1 rings (SSSR count). The fraction of sp³-hybridized carbons (Fsp3) is 0.700. The third-order valence-electron chi connectivity index (χ3n) is 2.74. The summed E-state index contributed by atoms with van der Waals surface area (Å²) in [4.78, 5) is 0. The van der Waals surface area contributed by atoms with Crippen molar-refractivity contribution in [2.24, 2.45) is 0 Å². The lowest BCUT2D eigenvalue weighted by Crippen LogP contribution is -2.29. The van der Waals surface area contributed by atoms with Gasteiger partial charge in [-0.05, 0) is 24.9 Å². The minimum absolute atomic E-state index is 0.586. The minimum Gasteiger partial charge on any atom is -0.316 e. The number of hydrogen-bond donors (Lipinski definition) is 1. The lowest BCUT2D eigenvalue weighted by atomic mass is 9.92. The van der Waals surface area contributed by atoms with Crippen LogP contribution in [0.2, 0.25) is 0 Å². The second-order valence-electron chi connectivity index (χ2n) is 3.50. The number of hydrogen-bond acceptors (Lipinski definition) is 1. The predicted molar refractivity (Wildman–Crippen MR) is 103 cm³/mol. The number of likely N-dealkylation sites (N-methyl/N-ethyl adjacent to an activating group) is 1. The van der Waals surface area contributed by atoms with Gasteiger partial charge in [-0.3, -0.25) is 0 Å².